The van der Waals surface area contributed by atoms with Crippen LogP contribution in [0.1, 0.15) is 47.8 Å². The number of fused-ring (bicyclic) bond motifs is 1. The minimum absolute atomic E-state index is 0.0370. The van der Waals surface area contributed by atoms with Crippen molar-refractivity contribution in [1.82, 2.24) is 5.32 Å². The molecule has 7 nitrogen and oxygen atoms in total. The van der Waals surface area contributed by atoms with Crippen LogP contribution in [0.25, 0.3) is 17.2 Å². The van der Waals surface area contributed by atoms with Crippen LogP contribution < -0.4 is 14.8 Å². The van der Waals surface area contributed by atoms with Crippen molar-refractivity contribution in [3.8, 4) is 17.6 Å². The Morgan fingerprint density at radius 3 is 2.54 bits per heavy atom. The van der Waals surface area contributed by atoms with Gasteiger partial charge < -0.3 is 24.3 Å². The largest absolute Gasteiger partial charge is 0.495 e. The van der Waals surface area contributed by atoms with Crippen LogP contribution in [0.3, 0.4) is 0 Å². The summed E-state index contributed by atoms with van der Waals surface area (Å²) in [5, 5.41) is 21.8. The van der Waals surface area contributed by atoms with Crippen LogP contribution in [0, 0.1) is 11.3 Å². The average molecular weight is 561 g/mol. The fourth-order valence-corrected chi connectivity index (χ4v) is 5.70. The summed E-state index contributed by atoms with van der Waals surface area (Å²) in [6.07, 6.45) is 4.26. The van der Waals surface area contributed by atoms with Crippen LogP contribution in [0.2, 0.25) is 0 Å². The van der Waals surface area contributed by atoms with E-state index in [4.69, 9.17) is 31.2 Å². The number of carboxylic acids is 1. The number of nitrogens with zero attached hydrogens (tertiary/aromatic N) is 1. The Balaban J connectivity index is 1.69. The summed E-state index contributed by atoms with van der Waals surface area (Å²) >= 11 is 7.05. The maximum atomic E-state index is 11.0. The van der Waals surface area contributed by atoms with Crippen molar-refractivity contribution in [2.45, 2.75) is 31.2 Å². The highest BCUT2D eigenvalue weighted by Gasteiger charge is 2.25. The highest BCUT2D eigenvalue weighted by atomic mass is 32.2. The van der Waals surface area contributed by atoms with E-state index in [2.05, 4.69) is 24.4 Å². The van der Waals surface area contributed by atoms with Gasteiger partial charge in [0.15, 0.2) is 0 Å². The van der Waals surface area contributed by atoms with Gasteiger partial charge in [0.1, 0.15) is 17.3 Å². The lowest BCUT2D eigenvalue weighted by Gasteiger charge is -2.14. The molecular formula is C30H28N2O5S2. The van der Waals surface area contributed by atoms with Crippen molar-refractivity contribution in [3.05, 3.63) is 82.3 Å². The van der Waals surface area contributed by atoms with E-state index in [9.17, 15) is 10.1 Å². The molecule has 1 heterocycles. The highest BCUT2D eigenvalue weighted by molar-refractivity contribution is 7.99. The van der Waals surface area contributed by atoms with E-state index < -0.39 is 5.97 Å². The molecule has 4 rings (SSSR count). The van der Waals surface area contributed by atoms with Crippen LogP contribution in [-0.4, -0.2) is 36.0 Å². The van der Waals surface area contributed by atoms with Gasteiger partial charge in [-0.1, -0.05) is 18.3 Å². The highest BCUT2D eigenvalue weighted by Crippen LogP contribution is 2.45. The molecule has 0 atom stereocenters. The molecule has 39 heavy (non-hydrogen) atoms. The molecule has 0 fully saturated rings. The van der Waals surface area contributed by atoms with Crippen LogP contribution in [0.4, 0.5) is 0 Å². The first-order valence-corrected chi connectivity index (χ1v) is 13.6. The lowest BCUT2D eigenvalue weighted by molar-refractivity contribution is -0.136. The maximum Gasteiger partial charge on any atom is 0.304 e. The van der Waals surface area contributed by atoms with Gasteiger partial charge >= 0.3 is 5.97 Å². The van der Waals surface area contributed by atoms with Crippen LogP contribution in [-0.2, 0) is 11.3 Å². The lowest BCUT2D eigenvalue weighted by atomic mass is 9.98. The third-order valence-corrected chi connectivity index (χ3v) is 7.74. The molecule has 3 aromatic rings. The minimum Gasteiger partial charge on any atom is -0.495 e. The van der Waals surface area contributed by atoms with Gasteiger partial charge in [-0.2, -0.15) is 5.26 Å². The smallest absolute Gasteiger partial charge is 0.304 e. The zero-order valence-corrected chi connectivity index (χ0v) is 23.5. The molecule has 1 aliphatic rings. The van der Waals surface area contributed by atoms with Crippen molar-refractivity contribution >= 4 is 52.2 Å². The molecule has 0 amide bonds. The predicted octanol–water partition coefficient (Wildman–Crippen LogP) is 6.57. The Kier molecular flexibility index (Phi) is 9.12. The summed E-state index contributed by atoms with van der Waals surface area (Å²) in [5.41, 5.74) is 6.61. The Hall–Kier alpha value is -4.00. The fraction of sp³-hybridized carbons (Fsp3) is 0.233. The van der Waals surface area contributed by atoms with Gasteiger partial charge in [0.05, 0.1) is 55.0 Å². The summed E-state index contributed by atoms with van der Waals surface area (Å²) in [6, 6.07) is 15.5. The first-order chi connectivity index (χ1) is 18.8. The normalized spacial score (nSPS) is 13.2. The molecule has 0 spiro atoms. The number of hydrogen-bond donors (Lipinski definition) is 2. The number of aliphatic carboxylic acids is 1. The molecule has 0 radical (unpaired) electrons. The standard InChI is InChI=1S/C30H28N2O5S2/c1-18-23(12-20-13-26(35-2)30(27(14-20)36-3)39-10-8-29(33)34)22-7-6-19(16-31)11-25(22)24(18)15-28(38)32-17-21-5-4-9-37-21/h4-7,9,11-14H,8,10,15,17H2,1-3H3,(H,32,38)(H,33,34)/b23-12-. The third-order valence-electron chi connectivity index (χ3n) is 6.35. The number of rotatable bonds is 11. The summed E-state index contributed by atoms with van der Waals surface area (Å²) in [6.45, 7) is 2.56. The number of allylic oxidation sites excluding steroid dienone is 2. The van der Waals surface area contributed by atoms with E-state index >= 15 is 0 Å². The summed E-state index contributed by atoms with van der Waals surface area (Å²) in [7, 11) is 3.17. The van der Waals surface area contributed by atoms with Gasteiger partial charge in [-0.25, -0.2) is 0 Å². The lowest BCUT2D eigenvalue weighted by Crippen LogP contribution is -2.20. The van der Waals surface area contributed by atoms with E-state index in [1.807, 2.05) is 42.5 Å². The van der Waals surface area contributed by atoms with Gasteiger partial charge in [0, 0.05) is 12.2 Å². The zero-order chi connectivity index (χ0) is 27.9. The molecule has 9 heteroatoms. The van der Waals surface area contributed by atoms with E-state index in [1.165, 1.54) is 11.8 Å². The summed E-state index contributed by atoms with van der Waals surface area (Å²) in [5.74, 6) is 1.57. The van der Waals surface area contributed by atoms with E-state index in [1.54, 1.807) is 20.5 Å². The topological polar surface area (TPSA) is 105 Å². The minimum atomic E-state index is -0.852. The predicted molar refractivity (Wildman–Crippen MR) is 157 cm³/mol. The Labute approximate surface area is 237 Å². The molecule has 200 valence electrons. The quantitative estimate of drug-likeness (QED) is 0.199. The van der Waals surface area contributed by atoms with E-state index in [0.29, 0.717) is 40.8 Å². The number of benzene rings is 2. The monoisotopic (exact) mass is 560 g/mol. The molecular weight excluding hydrogens is 532 g/mol. The molecule has 0 saturated heterocycles. The van der Waals surface area contributed by atoms with Crippen LogP contribution in [0.15, 0.2) is 63.6 Å². The Morgan fingerprint density at radius 1 is 1.18 bits per heavy atom. The number of carboxylic acid groups (broad SMARTS) is 1. The SMILES string of the molecule is COc1cc(/C=C2/C(C)=C(CC(=S)NCc3ccco3)c3cc(C#N)ccc32)cc(OC)c1SCCC(=O)O. The summed E-state index contributed by atoms with van der Waals surface area (Å²) < 4.78 is 16.7. The Morgan fingerprint density at radius 2 is 1.92 bits per heavy atom. The van der Waals surface area contributed by atoms with Crippen molar-refractivity contribution < 1.29 is 23.8 Å². The third kappa shape index (κ3) is 6.53. The van der Waals surface area contributed by atoms with Crippen molar-refractivity contribution in [3.63, 3.8) is 0 Å². The van der Waals surface area contributed by atoms with Gasteiger partial charge in [-0.3, -0.25) is 4.79 Å². The van der Waals surface area contributed by atoms with Crippen LogP contribution >= 0.6 is 24.0 Å². The number of nitriles is 1. The number of thiocarbonyl (C=S) groups is 1. The number of furan rings is 1. The second-order valence-electron chi connectivity index (χ2n) is 8.81. The number of methoxy groups -OCH3 is 2. The molecule has 0 aliphatic heterocycles. The number of carbonyl (C=O) groups is 1. The van der Waals surface area contributed by atoms with Crippen molar-refractivity contribution in [2.75, 3.05) is 20.0 Å². The molecule has 2 aromatic carbocycles. The second-order valence-corrected chi connectivity index (χ2v) is 10.4. The first kappa shape index (κ1) is 28.0. The van der Waals surface area contributed by atoms with Crippen LogP contribution in [0.5, 0.6) is 11.5 Å². The number of thioether (sulfide) groups is 1. The summed E-state index contributed by atoms with van der Waals surface area (Å²) in [4.78, 5) is 12.4. The average Bonchev–Trinajstić information content (AvgIpc) is 3.54. The first-order valence-electron chi connectivity index (χ1n) is 12.2. The van der Waals surface area contributed by atoms with Crippen molar-refractivity contribution in [2.24, 2.45) is 0 Å². The Bertz CT molecular complexity index is 1470. The maximum absolute atomic E-state index is 11.0. The molecule has 0 unspecified atom stereocenters. The number of ether oxygens (including phenoxy) is 2. The van der Waals surface area contributed by atoms with E-state index in [0.717, 1.165) is 44.1 Å². The fourth-order valence-electron chi connectivity index (χ4n) is 4.43. The van der Waals surface area contributed by atoms with Crippen molar-refractivity contribution in [1.29, 1.82) is 5.26 Å². The molecule has 0 saturated carbocycles. The van der Waals surface area contributed by atoms with E-state index in [-0.39, 0.29) is 6.42 Å². The molecule has 0 bridgehead atoms. The van der Waals surface area contributed by atoms with Gasteiger partial charge in [-0.05, 0) is 82.8 Å². The number of hydrogen-bond acceptors (Lipinski definition) is 7. The number of nitrogens with one attached hydrogen (secondary N) is 1. The second kappa shape index (κ2) is 12.7. The van der Waals surface area contributed by atoms with Gasteiger partial charge in [-0.15, -0.1) is 11.8 Å². The zero-order valence-electron chi connectivity index (χ0n) is 21.9. The van der Waals surface area contributed by atoms with Gasteiger partial charge in [0.2, 0.25) is 0 Å². The molecule has 1 aromatic heterocycles. The molecule has 1 aliphatic carbocycles. The molecule has 2 N–H and O–H groups in total. The van der Waals surface area contributed by atoms with Gasteiger partial charge in [0.25, 0.3) is 0 Å².